The molecule has 0 N–H and O–H groups in total. The van der Waals surface area contributed by atoms with E-state index in [1.54, 1.807) is 0 Å². The first-order valence-corrected chi connectivity index (χ1v) is 16.5. The average molecular weight is 607 g/mol. The van der Waals surface area contributed by atoms with Crippen molar-refractivity contribution in [2.45, 2.75) is 12.8 Å². The number of aromatic nitrogens is 1. The van der Waals surface area contributed by atoms with Gasteiger partial charge in [-0.3, -0.25) is 0 Å². The summed E-state index contributed by atoms with van der Waals surface area (Å²) in [6, 6.07) is 20.0. The number of fused-ring (bicyclic) bond motifs is 6. The van der Waals surface area contributed by atoms with Crippen molar-refractivity contribution in [2.24, 2.45) is 7.05 Å². The molecule has 0 radical (unpaired) electrons. The Labute approximate surface area is 214 Å². The molecule has 0 bridgehead atoms. The van der Waals surface area contributed by atoms with Gasteiger partial charge < -0.3 is 24.8 Å². The molecule has 4 aromatic rings. The maximum atomic E-state index is 6.38. The van der Waals surface area contributed by atoms with Crippen LogP contribution in [0.15, 0.2) is 65.1 Å². The Hall–Kier alpha value is -0.897. The zero-order valence-corrected chi connectivity index (χ0v) is 23.1. The second-order valence-corrected chi connectivity index (χ2v) is 15.3. The minimum atomic E-state index is -2.46. The number of hydrogen-bond donors (Lipinski definition) is 0. The quantitative estimate of drug-likeness (QED) is 0.269. The molecule has 1 nitrogen and oxygen atoms in total. The van der Waals surface area contributed by atoms with Crippen molar-refractivity contribution >= 4 is 48.3 Å². The zero-order valence-electron chi connectivity index (χ0n) is 16.8. The summed E-state index contributed by atoms with van der Waals surface area (Å²) in [6.45, 7) is 0. The van der Waals surface area contributed by atoms with Gasteiger partial charge in [-0.25, -0.2) is 0 Å². The standard InChI is InChI=1S/C16H11BrN.C9H7.2ClH.S.Zr/c1-18-14-5-3-2-4-13(14)16-12-7-6-11(17)8-10(12)9-15(16)18;1-2-5-9-7-3-6-8(9)4-1;;;;/h2-7H,9H2,1H3;1-4,7H,6H2;2*1H;;/q;;;;;+2/p-2. The molecule has 6 rings (SSSR count). The molecule has 0 spiro atoms. The Morgan fingerprint density at radius 2 is 1.81 bits per heavy atom. The Kier molecular flexibility index (Phi) is 6.61. The number of aryl methyl sites for hydroxylation is 1. The zero-order chi connectivity index (χ0) is 19.7. The minimum Gasteiger partial charge on any atom is -1.00 e. The van der Waals surface area contributed by atoms with Crippen molar-refractivity contribution in [3.05, 3.63) is 87.5 Å². The molecule has 31 heavy (non-hydrogen) atoms. The van der Waals surface area contributed by atoms with Crippen LogP contribution in [-0.2, 0) is 39.6 Å². The van der Waals surface area contributed by atoms with E-state index in [0.29, 0.717) is 0 Å². The first-order chi connectivity index (χ1) is 14.1. The second-order valence-electron chi connectivity index (χ2n) is 7.84. The van der Waals surface area contributed by atoms with Gasteiger partial charge in [-0.05, 0) is 0 Å². The summed E-state index contributed by atoms with van der Waals surface area (Å²) in [7, 11) is 8.58. The average Bonchev–Trinajstić information content (AvgIpc) is 3.42. The van der Waals surface area contributed by atoms with Crippen molar-refractivity contribution < 1.29 is 44.5 Å². The molecule has 6 heteroatoms. The number of halogens is 3. The first kappa shape index (κ1) is 23.3. The fourth-order valence-corrected chi connectivity index (χ4v) is 14.2. The topological polar surface area (TPSA) is 4.93 Å². The van der Waals surface area contributed by atoms with Crippen LogP contribution < -0.4 is 31.4 Å². The van der Waals surface area contributed by atoms with E-state index in [1.165, 1.54) is 55.4 Å². The molecule has 2 aliphatic carbocycles. The van der Waals surface area contributed by atoms with E-state index in [4.69, 9.17) is 8.86 Å². The molecule has 0 unspecified atom stereocenters. The predicted octanol–water partition coefficient (Wildman–Crippen LogP) is -0.229. The van der Waals surface area contributed by atoms with Crippen LogP contribution in [0.25, 0.3) is 28.1 Å². The molecule has 0 saturated heterocycles. The van der Waals surface area contributed by atoms with Gasteiger partial charge in [0.05, 0.1) is 0 Å². The fourth-order valence-electron chi connectivity index (χ4n) is 5.03. The normalized spacial score (nSPS) is 12.4. The monoisotopic (exact) mass is 603 g/mol. The Morgan fingerprint density at radius 1 is 1.00 bits per heavy atom. The molecule has 2 aliphatic rings. The Balaban J connectivity index is 0.00000116. The minimum absolute atomic E-state index is 0. The van der Waals surface area contributed by atoms with Gasteiger partial charge in [0.2, 0.25) is 0 Å². The van der Waals surface area contributed by atoms with Crippen LogP contribution in [0, 0.1) is 0 Å². The summed E-state index contributed by atoms with van der Waals surface area (Å²) < 4.78 is 6.48. The number of benzene rings is 3. The van der Waals surface area contributed by atoms with Crippen molar-refractivity contribution in [1.82, 2.24) is 4.57 Å². The van der Waals surface area contributed by atoms with Crippen molar-refractivity contribution in [1.29, 1.82) is 0 Å². The van der Waals surface area contributed by atoms with E-state index in [9.17, 15) is 0 Å². The molecule has 154 valence electrons. The third kappa shape index (κ3) is 3.42. The van der Waals surface area contributed by atoms with E-state index >= 15 is 0 Å². The number of nitrogens with zero attached hydrogens (tertiary/aromatic N) is 1. The van der Waals surface area contributed by atoms with Gasteiger partial charge in [0.15, 0.2) is 0 Å². The number of allylic oxidation sites excluding steroid dienone is 1. The van der Waals surface area contributed by atoms with Crippen molar-refractivity contribution in [3.8, 4) is 11.1 Å². The van der Waals surface area contributed by atoms with Gasteiger partial charge in [-0.2, -0.15) is 0 Å². The van der Waals surface area contributed by atoms with Crippen LogP contribution in [0.4, 0.5) is 0 Å². The molecule has 0 aliphatic heterocycles. The van der Waals surface area contributed by atoms with E-state index < -0.39 is 19.7 Å². The molecular formula is C25H18BrCl2NSZr. The predicted molar refractivity (Wildman–Crippen MR) is 125 cm³/mol. The fraction of sp³-hybridized carbons (Fsp3) is 0.120. The largest absolute Gasteiger partial charge is 1.00 e. The van der Waals surface area contributed by atoms with Gasteiger partial charge >= 0.3 is 191 Å². The summed E-state index contributed by atoms with van der Waals surface area (Å²) in [5.74, 6) is 0. The number of rotatable bonds is 2. The number of para-hydroxylation sites is 1. The van der Waals surface area contributed by atoms with Crippen LogP contribution in [-0.4, -0.2) is 4.57 Å². The Morgan fingerprint density at radius 3 is 2.65 bits per heavy atom. The molecule has 1 aromatic heterocycles. The van der Waals surface area contributed by atoms with Crippen LogP contribution in [0.5, 0.6) is 0 Å². The number of hydrogen-bond acceptors (Lipinski definition) is 1. The van der Waals surface area contributed by atoms with Crippen LogP contribution >= 0.6 is 24.8 Å². The van der Waals surface area contributed by atoms with Gasteiger partial charge in [-0.1, -0.05) is 0 Å². The van der Waals surface area contributed by atoms with E-state index in [-0.39, 0.29) is 24.8 Å². The third-order valence-electron chi connectivity index (χ3n) is 6.39. The third-order valence-corrected chi connectivity index (χ3v) is 15.3. The van der Waals surface area contributed by atoms with Crippen molar-refractivity contribution in [3.63, 3.8) is 0 Å². The van der Waals surface area contributed by atoms with Crippen LogP contribution in [0.1, 0.15) is 22.4 Å². The molecule has 3 aromatic carbocycles. The summed E-state index contributed by atoms with van der Waals surface area (Å²) in [5, 5.41) is 1.36. The van der Waals surface area contributed by atoms with Crippen LogP contribution in [0.2, 0.25) is 0 Å². The molecule has 0 atom stereocenters. The van der Waals surface area contributed by atoms with E-state index in [1.807, 2.05) is 0 Å². The molecular weight excluding hydrogens is 588 g/mol. The van der Waals surface area contributed by atoms with Crippen molar-refractivity contribution in [2.75, 3.05) is 0 Å². The van der Waals surface area contributed by atoms with E-state index in [2.05, 4.69) is 94.3 Å². The van der Waals surface area contributed by atoms with Gasteiger partial charge in [0.25, 0.3) is 0 Å². The second kappa shape index (κ2) is 8.80. The molecule has 1 heterocycles. The summed E-state index contributed by atoms with van der Waals surface area (Å²) in [6.07, 6.45) is 6.58. The van der Waals surface area contributed by atoms with Gasteiger partial charge in [0, 0.05) is 0 Å². The maximum Gasteiger partial charge on any atom is -1.00 e. The first-order valence-electron chi connectivity index (χ1n) is 9.86. The van der Waals surface area contributed by atoms with Gasteiger partial charge in [0.1, 0.15) is 0 Å². The maximum absolute atomic E-state index is 6.38. The smallest absolute Gasteiger partial charge is 1.00 e. The molecule has 0 amide bonds. The molecule has 0 saturated carbocycles. The van der Waals surface area contributed by atoms with E-state index in [0.717, 1.165) is 12.8 Å². The summed E-state index contributed by atoms with van der Waals surface area (Å²) in [4.78, 5) is 0. The van der Waals surface area contributed by atoms with Crippen LogP contribution in [0.3, 0.4) is 0 Å². The summed E-state index contributed by atoms with van der Waals surface area (Å²) in [5.41, 5.74) is 9.85. The van der Waals surface area contributed by atoms with Gasteiger partial charge in [-0.15, -0.1) is 0 Å². The molecule has 0 fully saturated rings. The summed E-state index contributed by atoms with van der Waals surface area (Å²) >= 11 is 1.43. The SMILES string of the molecule is Cn1c2c(c3ccccc31)-c1ccc(Br)[c]([Zr+2](=[S])[c]3cccc4c3C=CC4)c1C2.[Cl-].[Cl-]. The Bertz CT molecular complexity index is 1410.